The molecule has 2 aromatic heterocycles. The Bertz CT molecular complexity index is 1170. The minimum Gasteiger partial charge on any atom is -0.487 e. The Morgan fingerprint density at radius 2 is 2.14 bits per heavy atom. The number of nitrogens with zero attached hydrogens (tertiary/aromatic N) is 4. The van der Waals surface area contributed by atoms with E-state index in [1.165, 1.54) is 7.11 Å². The number of rotatable bonds is 9. The summed E-state index contributed by atoms with van der Waals surface area (Å²) in [5.41, 5.74) is -2.91. The summed E-state index contributed by atoms with van der Waals surface area (Å²) < 4.78 is 61.4. The molecule has 0 saturated carbocycles. The van der Waals surface area contributed by atoms with Gasteiger partial charge in [0.25, 0.3) is 5.56 Å². The zero-order chi connectivity index (χ0) is 26.6. The molecule has 1 N–H and O–H groups in total. The van der Waals surface area contributed by atoms with Gasteiger partial charge in [-0.15, -0.1) is 0 Å². The number of anilines is 1. The minimum atomic E-state index is -4.94. The van der Waals surface area contributed by atoms with Gasteiger partial charge in [-0.2, -0.15) is 18.3 Å². The maximum atomic E-state index is 13.3. The number of amides is 1. The zero-order valence-corrected chi connectivity index (χ0v) is 20.5. The second kappa shape index (κ2) is 11.5. The summed E-state index contributed by atoms with van der Waals surface area (Å²) in [5.74, 6) is 0.452. The number of hydrogen-bond donors (Lipinski definition) is 1. The van der Waals surface area contributed by atoms with Crippen molar-refractivity contribution in [3.05, 3.63) is 39.4 Å². The molecule has 1 amide bonds. The third kappa shape index (κ3) is 6.43. The third-order valence-electron chi connectivity index (χ3n) is 5.85. The second-order valence-corrected chi connectivity index (χ2v) is 8.87. The van der Waals surface area contributed by atoms with E-state index in [9.17, 15) is 22.8 Å². The second-order valence-electron chi connectivity index (χ2n) is 8.43. The van der Waals surface area contributed by atoms with Crippen LogP contribution in [0.2, 0.25) is 5.02 Å². The molecule has 2 aromatic rings. The van der Waals surface area contributed by atoms with Crippen LogP contribution in [0.1, 0.15) is 12.0 Å². The SMILES string of the molecule is COC[C@@H](COCCC(=O)N1CCN2c3ncc(Cl)cc3OC[C@@H]2C1)Oc1cn[nH]c(=O)c1C(F)(F)F. The first-order valence-corrected chi connectivity index (χ1v) is 11.8. The van der Waals surface area contributed by atoms with Crippen LogP contribution in [0.3, 0.4) is 0 Å². The van der Waals surface area contributed by atoms with E-state index in [4.69, 9.17) is 30.5 Å². The Kier molecular flexibility index (Phi) is 8.39. The van der Waals surface area contributed by atoms with Crippen LogP contribution in [0.4, 0.5) is 19.0 Å². The molecular weight excluding hydrogens is 523 g/mol. The standard InChI is InChI=1S/C22H25ClF3N5O6/c1-34-11-15(37-17-8-28-29-21(33)19(17)22(24,25)26)12-35-5-2-18(32)30-3-4-31-14(9-30)10-36-16-6-13(23)7-27-20(16)31/h6-8,14-15H,2-5,9-12H2,1H3,(H,29,33)/t14-,15-/m0/s1. The van der Waals surface area contributed by atoms with E-state index < -0.39 is 29.2 Å². The van der Waals surface area contributed by atoms with Gasteiger partial charge in [-0.25, -0.2) is 10.1 Å². The number of aromatic amines is 1. The lowest BCUT2D eigenvalue weighted by Gasteiger charge is -2.44. The van der Waals surface area contributed by atoms with E-state index in [-0.39, 0.29) is 38.2 Å². The number of nitrogens with one attached hydrogen (secondary N) is 1. The van der Waals surface area contributed by atoms with Gasteiger partial charge in [0.15, 0.2) is 22.9 Å². The van der Waals surface area contributed by atoms with E-state index in [0.29, 0.717) is 42.8 Å². The number of hydrogen-bond acceptors (Lipinski definition) is 9. The average molecular weight is 548 g/mol. The van der Waals surface area contributed by atoms with Gasteiger partial charge in [-0.3, -0.25) is 9.59 Å². The average Bonchev–Trinajstić information content (AvgIpc) is 2.85. The topological polar surface area (TPSA) is 119 Å². The molecule has 11 nitrogen and oxygen atoms in total. The maximum absolute atomic E-state index is 13.3. The molecule has 1 fully saturated rings. The predicted molar refractivity (Wildman–Crippen MR) is 124 cm³/mol. The van der Waals surface area contributed by atoms with Crippen molar-refractivity contribution < 1.29 is 36.9 Å². The fourth-order valence-electron chi connectivity index (χ4n) is 4.18. The fourth-order valence-corrected chi connectivity index (χ4v) is 4.33. The van der Waals surface area contributed by atoms with Gasteiger partial charge >= 0.3 is 6.18 Å². The number of halogens is 4. The zero-order valence-electron chi connectivity index (χ0n) is 19.8. The lowest BCUT2D eigenvalue weighted by molar-refractivity contribution is -0.141. The Morgan fingerprint density at radius 3 is 2.89 bits per heavy atom. The van der Waals surface area contributed by atoms with E-state index in [1.54, 1.807) is 22.3 Å². The van der Waals surface area contributed by atoms with Gasteiger partial charge in [0.1, 0.15) is 12.7 Å². The number of pyridine rings is 1. The largest absolute Gasteiger partial charge is 0.487 e. The van der Waals surface area contributed by atoms with Crippen LogP contribution >= 0.6 is 11.6 Å². The number of aromatic nitrogens is 3. The predicted octanol–water partition coefficient (Wildman–Crippen LogP) is 1.75. The molecule has 15 heteroatoms. The highest BCUT2D eigenvalue weighted by atomic mass is 35.5. The number of carbonyl (C=O) groups is 1. The molecule has 2 aliphatic heterocycles. The molecule has 0 aromatic carbocycles. The molecule has 0 bridgehead atoms. The normalized spacial score (nSPS) is 18.0. The first kappa shape index (κ1) is 26.9. The number of ether oxygens (including phenoxy) is 4. The van der Waals surface area contributed by atoms with Crippen molar-refractivity contribution in [2.24, 2.45) is 0 Å². The number of methoxy groups -OCH3 is 1. The van der Waals surface area contributed by atoms with Gasteiger partial charge in [-0.1, -0.05) is 11.6 Å². The van der Waals surface area contributed by atoms with Crippen molar-refractivity contribution >= 4 is 23.3 Å². The highest BCUT2D eigenvalue weighted by Gasteiger charge is 2.39. The first-order chi connectivity index (χ1) is 17.7. The van der Waals surface area contributed by atoms with Gasteiger partial charge in [0, 0.05) is 39.0 Å². The smallest absolute Gasteiger partial charge is 0.425 e. The molecule has 4 rings (SSSR count). The van der Waals surface area contributed by atoms with Crippen LogP contribution in [-0.4, -0.2) is 91.3 Å². The Morgan fingerprint density at radius 1 is 1.32 bits per heavy atom. The lowest BCUT2D eigenvalue weighted by Crippen LogP contribution is -2.58. The van der Waals surface area contributed by atoms with Crippen molar-refractivity contribution in [2.45, 2.75) is 24.7 Å². The van der Waals surface area contributed by atoms with E-state index in [0.717, 1.165) is 6.20 Å². The first-order valence-electron chi connectivity index (χ1n) is 11.4. The number of carbonyl (C=O) groups excluding carboxylic acids is 1. The van der Waals surface area contributed by atoms with Crippen LogP contribution in [0, 0.1) is 0 Å². The molecule has 0 spiro atoms. The monoisotopic (exact) mass is 547 g/mol. The molecule has 202 valence electrons. The number of piperazine rings is 1. The molecular formula is C22H25ClF3N5O6. The Hall–Kier alpha value is -3.10. The fraction of sp³-hybridized carbons (Fsp3) is 0.545. The Balaban J connectivity index is 1.27. The molecule has 2 aliphatic rings. The van der Waals surface area contributed by atoms with Gasteiger partial charge in [0.05, 0.1) is 43.5 Å². The van der Waals surface area contributed by atoms with Crippen LogP contribution in [0.15, 0.2) is 23.3 Å². The van der Waals surface area contributed by atoms with Gasteiger partial charge in [-0.05, 0) is 0 Å². The van der Waals surface area contributed by atoms with E-state index in [1.807, 2.05) is 0 Å². The summed E-state index contributed by atoms with van der Waals surface area (Å²) in [5, 5.41) is 5.60. The minimum absolute atomic E-state index is 0.0203. The molecule has 4 heterocycles. The summed E-state index contributed by atoms with van der Waals surface area (Å²) >= 11 is 5.98. The Labute approximate surface area is 214 Å². The molecule has 0 radical (unpaired) electrons. The summed E-state index contributed by atoms with van der Waals surface area (Å²) in [4.78, 5) is 32.5. The summed E-state index contributed by atoms with van der Waals surface area (Å²) in [6.07, 6.45) is -3.51. The van der Waals surface area contributed by atoms with E-state index >= 15 is 0 Å². The van der Waals surface area contributed by atoms with Crippen molar-refractivity contribution in [1.82, 2.24) is 20.1 Å². The van der Waals surface area contributed by atoms with Crippen molar-refractivity contribution in [3.63, 3.8) is 0 Å². The van der Waals surface area contributed by atoms with Crippen molar-refractivity contribution in [3.8, 4) is 11.5 Å². The highest BCUT2D eigenvalue weighted by Crippen LogP contribution is 2.35. The van der Waals surface area contributed by atoms with Crippen LogP contribution < -0.4 is 19.9 Å². The number of alkyl halides is 3. The van der Waals surface area contributed by atoms with Crippen molar-refractivity contribution in [1.29, 1.82) is 0 Å². The lowest BCUT2D eigenvalue weighted by atomic mass is 10.1. The van der Waals surface area contributed by atoms with Gasteiger partial charge < -0.3 is 28.7 Å². The third-order valence-corrected chi connectivity index (χ3v) is 6.06. The molecule has 0 aliphatic carbocycles. The molecule has 1 saturated heterocycles. The quantitative estimate of drug-likeness (QED) is 0.468. The van der Waals surface area contributed by atoms with E-state index in [2.05, 4.69) is 15.0 Å². The van der Waals surface area contributed by atoms with Crippen LogP contribution in [-0.2, 0) is 20.4 Å². The number of fused-ring (bicyclic) bond motifs is 3. The number of H-pyrrole nitrogens is 1. The van der Waals surface area contributed by atoms with Crippen LogP contribution in [0.25, 0.3) is 0 Å². The highest BCUT2D eigenvalue weighted by molar-refractivity contribution is 6.30. The summed E-state index contributed by atoms with van der Waals surface area (Å²) in [6, 6.07) is 1.66. The summed E-state index contributed by atoms with van der Waals surface area (Å²) in [7, 11) is 1.34. The molecule has 0 unspecified atom stereocenters. The summed E-state index contributed by atoms with van der Waals surface area (Å²) in [6.45, 7) is 1.66. The van der Waals surface area contributed by atoms with Gasteiger partial charge in [0.2, 0.25) is 5.91 Å². The maximum Gasteiger partial charge on any atom is 0.425 e. The molecule has 2 atom stereocenters. The molecule has 37 heavy (non-hydrogen) atoms. The van der Waals surface area contributed by atoms with Crippen LogP contribution in [0.5, 0.6) is 11.5 Å². The van der Waals surface area contributed by atoms with Crippen molar-refractivity contribution in [2.75, 3.05) is 58.1 Å².